The maximum Gasteiger partial charge on any atom is 0.315 e. The van der Waals surface area contributed by atoms with Crippen molar-refractivity contribution < 1.29 is 13.2 Å². The Morgan fingerprint density at radius 1 is 1.32 bits per heavy atom. The third-order valence-corrected chi connectivity index (χ3v) is 6.51. The van der Waals surface area contributed by atoms with E-state index >= 15 is 0 Å². The fourth-order valence-electron chi connectivity index (χ4n) is 3.27. The van der Waals surface area contributed by atoms with Gasteiger partial charge in [-0.1, -0.05) is 37.3 Å². The molecule has 6 heteroatoms. The molecular formula is C16H22N2O3S. The molecule has 2 fully saturated rings. The largest absolute Gasteiger partial charge is 0.334 e. The van der Waals surface area contributed by atoms with Gasteiger partial charge in [-0.15, -0.1) is 0 Å². The van der Waals surface area contributed by atoms with E-state index in [9.17, 15) is 13.2 Å². The van der Waals surface area contributed by atoms with Crippen molar-refractivity contribution in [2.24, 2.45) is 5.92 Å². The van der Waals surface area contributed by atoms with Crippen LogP contribution in [0.4, 0.5) is 4.79 Å². The molecule has 1 aliphatic carbocycles. The first-order chi connectivity index (χ1) is 10.4. The number of urea groups is 1. The van der Waals surface area contributed by atoms with Gasteiger partial charge in [0, 0.05) is 11.6 Å². The average molecular weight is 322 g/mol. The fourth-order valence-corrected chi connectivity index (χ4v) is 4.94. The summed E-state index contributed by atoms with van der Waals surface area (Å²) in [6.45, 7) is 2.13. The molecule has 1 saturated carbocycles. The standard InChI is InChI=1S/C16H22N2O3S/c1-12-9-16(12,10-13-5-3-2-4-6-13)18-15(19)17-14-7-8-22(20,21)11-14/h2-6,12,14H,7-11H2,1H3,(H2,17,18,19)/t12-,14?,16-/m1/s1. The summed E-state index contributed by atoms with van der Waals surface area (Å²) < 4.78 is 22.9. The van der Waals surface area contributed by atoms with Gasteiger partial charge in [0.25, 0.3) is 0 Å². The van der Waals surface area contributed by atoms with Crippen molar-refractivity contribution >= 4 is 15.9 Å². The predicted octanol–water partition coefficient (Wildman–Crippen LogP) is 1.49. The van der Waals surface area contributed by atoms with E-state index in [1.807, 2.05) is 18.2 Å². The molecule has 0 bridgehead atoms. The molecule has 0 spiro atoms. The van der Waals surface area contributed by atoms with Crippen LogP contribution in [0.25, 0.3) is 0 Å². The number of hydrogen-bond acceptors (Lipinski definition) is 3. The molecule has 2 N–H and O–H groups in total. The van der Waals surface area contributed by atoms with Crippen LogP contribution in [0.2, 0.25) is 0 Å². The van der Waals surface area contributed by atoms with Crippen LogP contribution in [0.15, 0.2) is 30.3 Å². The first-order valence-electron chi connectivity index (χ1n) is 7.72. The van der Waals surface area contributed by atoms with E-state index in [0.717, 1.165) is 12.8 Å². The molecule has 120 valence electrons. The first kappa shape index (κ1) is 15.3. The van der Waals surface area contributed by atoms with Gasteiger partial charge in [-0.25, -0.2) is 13.2 Å². The van der Waals surface area contributed by atoms with E-state index in [2.05, 4.69) is 29.7 Å². The van der Waals surface area contributed by atoms with Crippen LogP contribution in [0.1, 0.15) is 25.3 Å². The van der Waals surface area contributed by atoms with Crippen molar-refractivity contribution in [2.75, 3.05) is 11.5 Å². The Kier molecular flexibility index (Phi) is 3.89. The summed E-state index contributed by atoms with van der Waals surface area (Å²) in [5, 5.41) is 5.88. The quantitative estimate of drug-likeness (QED) is 0.882. The van der Waals surface area contributed by atoms with Crippen molar-refractivity contribution in [1.82, 2.24) is 10.6 Å². The van der Waals surface area contributed by atoms with Gasteiger partial charge in [-0.3, -0.25) is 0 Å². The maximum absolute atomic E-state index is 12.2. The van der Waals surface area contributed by atoms with Gasteiger partial charge in [0.05, 0.1) is 11.5 Å². The van der Waals surface area contributed by atoms with Crippen LogP contribution < -0.4 is 10.6 Å². The van der Waals surface area contributed by atoms with Crippen molar-refractivity contribution in [3.63, 3.8) is 0 Å². The third-order valence-electron chi connectivity index (χ3n) is 4.75. The van der Waals surface area contributed by atoms with Crippen LogP contribution >= 0.6 is 0 Å². The average Bonchev–Trinajstić information content (AvgIpc) is 2.90. The van der Waals surface area contributed by atoms with Crippen LogP contribution in [-0.4, -0.2) is 37.5 Å². The van der Waals surface area contributed by atoms with Crippen molar-refractivity contribution in [2.45, 2.75) is 37.8 Å². The van der Waals surface area contributed by atoms with Gasteiger partial charge in [0.2, 0.25) is 0 Å². The lowest BCUT2D eigenvalue weighted by Crippen LogP contribution is -2.49. The molecule has 1 aromatic rings. The lowest BCUT2D eigenvalue weighted by Gasteiger charge is -2.21. The Bertz CT molecular complexity index is 659. The van der Waals surface area contributed by atoms with Gasteiger partial charge in [-0.05, 0) is 30.7 Å². The fraction of sp³-hybridized carbons (Fsp3) is 0.562. The number of nitrogens with one attached hydrogen (secondary N) is 2. The van der Waals surface area contributed by atoms with Gasteiger partial charge < -0.3 is 10.6 Å². The molecule has 5 nitrogen and oxygen atoms in total. The Morgan fingerprint density at radius 2 is 2.00 bits per heavy atom. The molecule has 0 aromatic heterocycles. The molecule has 1 aromatic carbocycles. The third kappa shape index (κ3) is 3.43. The van der Waals surface area contributed by atoms with Crippen LogP contribution in [0.3, 0.4) is 0 Å². The summed E-state index contributed by atoms with van der Waals surface area (Å²) in [6, 6.07) is 9.60. The van der Waals surface area contributed by atoms with Gasteiger partial charge in [-0.2, -0.15) is 0 Å². The molecule has 1 aliphatic heterocycles. The number of hydrogen-bond donors (Lipinski definition) is 2. The molecule has 1 heterocycles. The number of rotatable bonds is 4. The highest BCUT2D eigenvalue weighted by atomic mass is 32.2. The first-order valence-corrected chi connectivity index (χ1v) is 9.54. The van der Waals surface area contributed by atoms with Crippen molar-refractivity contribution in [3.8, 4) is 0 Å². The smallest absolute Gasteiger partial charge is 0.315 e. The number of amides is 2. The normalized spacial score (nSPS) is 32.4. The van der Waals surface area contributed by atoms with Gasteiger partial charge in [0.15, 0.2) is 9.84 Å². The van der Waals surface area contributed by atoms with Crippen LogP contribution in [0.5, 0.6) is 0 Å². The molecule has 3 atom stereocenters. The maximum atomic E-state index is 12.2. The van der Waals surface area contributed by atoms with E-state index in [0.29, 0.717) is 12.3 Å². The SMILES string of the molecule is C[C@@H]1C[C@]1(Cc1ccccc1)NC(=O)NC1CCS(=O)(=O)C1. The van der Waals surface area contributed by atoms with E-state index < -0.39 is 9.84 Å². The lowest BCUT2D eigenvalue weighted by atomic mass is 10.0. The summed E-state index contributed by atoms with van der Waals surface area (Å²) in [6.07, 6.45) is 2.28. The molecule has 1 unspecified atom stereocenters. The molecule has 0 radical (unpaired) electrons. The number of carbonyl (C=O) groups excluding carboxylic acids is 1. The molecule has 22 heavy (non-hydrogen) atoms. The summed E-state index contributed by atoms with van der Waals surface area (Å²) >= 11 is 0. The molecule has 2 aliphatic rings. The summed E-state index contributed by atoms with van der Waals surface area (Å²) in [4.78, 5) is 12.2. The number of carbonyl (C=O) groups is 1. The lowest BCUT2D eigenvalue weighted by molar-refractivity contribution is 0.231. The molecule has 3 rings (SSSR count). The second kappa shape index (κ2) is 5.57. The van der Waals surface area contributed by atoms with Gasteiger partial charge in [0.1, 0.15) is 0 Å². The monoisotopic (exact) mass is 322 g/mol. The van der Waals surface area contributed by atoms with Crippen LogP contribution in [0, 0.1) is 5.92 Å². The summed E-state index contributed by atoms with van der Waals surface area (Å²) in [7, 11) is -2.97. The zero-order chi connectivity index (χ0) is 15.8. The zero-order valence-corrected chi connectivity index (χ0v) is 13.5. The van der Waals surface area contributed by atoms with Crippen LogP contribution in [-0.2, 0) is 16.3 Å². The minimum absolute atomic E-state index is 0.0572. The minimum Gasteiger partial charge on any atom is -0.334 e. The second-order valence-corrected chi connectivity index (χ2v) is 8.85. The minimum atomic E-state index is -2.97. The van der Waals surface area contributed by atoms with Gasteiger partial charge >= 0.3 is 6.03 Å². The Labute approximate surface area is 131 Å². The zero-order valence-electron chi connectivity index (χ0n) is 12.7. The van der Waals surface area contributed by atoms with E-state index in [-0.39, 0.29) is 29.1 Å². The van der Waals surface area contributed by atoms with E-state index in [1.54, 1.807) is 0 Å². The summed E-state index contributed by atoms with van der Waals surface area (Å²) in [5.74, 6) is 0.663. The molecular weight excluding hydrogens is 300 g/mol. The summed E-state index contributed by atoms with van der Waals surface area (Å²) in [5.41, 5.74) is 1.01. The highest BCUT2D eigenvalue weighted by molar-refractivity contribution is 7.91. The van der Waals surface area contributed by atoms with E-state index in [4.69, 9.17) is 0 Å². The van der Waals surface area contributed by atoms with Crippen molar-refractivity contribution in [3.05, 3.63) is 35.9 Å². The Balaban J connectivity index is 1.58. The Morgan fingerprint density at radius 3 is 2.55 bits per heavy atom. The molecule has 1 saturated heterocycles. The topological polar surface area (TPSA) is 75.3 Å². The predicted molar refractivity (Wildman–Crippen MR) is 85.4 cm³/mol. The Hall–Kier alpha value is -1.56. The highest BCUT2D eigenvalue weighted by Crippen LogP contribution is 2.45. The van der Waals surface area contributed by atoms with E-state index in [1.165, 1.54) is 5.56 Å². The number of benzene rings is 1. The highest BCUT2D eigenvalue weighted by Gasteiger charge is 2.52. The van der Waals surface area contributed by atoms with Crippen molar-refractivity contribution in [1.29, 1.82) is 0 Å². The number of sulfone groups is 1. The molecule has 2 amide bonds. The second-order valence-electron chi connectivity index (χ2n) is 6.62.